The Morgan fingerprint density at radius 1 is 0.897 bits per heavy atom. The van der Waals surface area contributed by atoms with Crippen LogP contribution in [0, 0.1) is 23.7 Å². The zero-order chi connectivity index (χ0) is 22.0. The van der Waals surface area contributed by atoms with Crippen molar-refractivity contribution in [2.45, 2.75) is 98.1 Å². The zero-order valence-corrected chi connectivity index (χ0v) is 19.3. The summed E-state index contributed by atoms with van der Waals surface area (Å²) in [5.41, 5.74) is 0. The highest BCUT2D eigenvalue weighted by molar-refractivity contribution is 5.91. The number of ether oxygens (including phenoxy) is 1. The second kappa shape index (κ2) is 12.9. The Kier molecular flexibility index (Phi) is 11.3. The lowest BCUT2D eigenvalue weighted by atomic mass is 9.79. The van der Waals surface area contributed by atoms with Crippen LogP contribution in [0.5, 0.6) is 0 Å². The number of carbonyl (C=O) groups excluding carboxylic acids is 3. The third-order valence-corrected chi connectivity index (χ3v) is 6.10. The molecule has 0 aliphatic heterocycles. The van der Waals surface area contributed by atoms with Crippen molar-refractivity contribution in [3.8, 4) is 0 Å². The highest BCUT2D eigenvalue weighted by Gasteiger charge is 2.33. The highest BCUT2D eigenvalue weighted by atomic mass is 16.5. The summed E-state index contributed by atoms with van der Waals surface area (Å²) in [5, 5.41) is 5.72. The Morgan fingerprint density at radius 2 is 1.48 bits per heavy atom. The lowest BCUT2D eigenvalue weighted by Crippen LogP contribution is -2.56. The average molecular weight is 411 g/mol. The van der Waals surface area contributed by atoms with Gasteiger partial charge in [0.05, 0.1) is 7.11 Å². The smallest absolute Gasteiger partial charge is 0.328 e. The van der Waals surface area contributed by atoms with E-state index in [9.17, 15) is 14.4 Å². The van der Waals surface area contributed by atoms with E-state index in [4.69, 9.17) is 4.74 Å². The van der Waals surface area contributed by atoms with Crippen LogP contribution in [0.4, 0.5) is 0 Å². The number of carbonyl (C=O) groups is 3. The molecule has 168 valence electrons. The van der Waals surface area contributed by atoms with Gasteiger partial charge in [-0.1, -0.05) is 60.3 Å². The fourth-order valence-corrected chi connectivity index (χ4v) is 4.07. The minimum Gasteiger partial charge on any atom is -0.467 e. The van der Waals surface area contributed by atoms with Gasteiger partial charge in [0.2, 0.25) is 11.8 Å². The van der Waals surface area contributed by atoms with Crippen LogP contribution in [-0.2, 0) is 19.1 Å². The molecule has 29 heavy (non-hydrogen) atoms. The molecular formula is C23H42N2O4. The molecule has 0 unspecified atom stereocenters. The molecule has 0 heterocycles. The van der Waals surface area contributed by atoms with E-state index in [2.05, 4.69) is 17.6 Å². The Balaban J connectivity index is 2.61. The van der Waals surface area contributed by atoms with Crippen LogP contribution < -0.4 is 10.6 Å². The van der Waals surface area contributed by atoms with Crippen molar-refractivity contribution in [3.05, 3.63) is 0 Å². The van der Waals surface area contributed by atoms with E-state index < -0.39 is 18.1 Å². The Bertz CT molecular complexity index is 525. The van der Waals surface area contributed by atoms with E-state index in [0.717, 1.165) is 31.6 Å². The third-order valence-electron chi connectivity index (χ3n) is 6.10. The number of nitrogens with one attached hydrogen (secondary N) is 2. The molecule has 0 aromatic heterocycles. The zero-order valence-electron chi connectivity index (χ0n) is 19.3. The van der Waals surface area contributed by atoms with Gasteiger partial charge in [-0.25, -0.2) is 4.79 Å². The quantitative estimate of drug-likeness (QED) is 0.400. The van der Waals surface area contributed by atoms with Gasteiger partial charge in [0.1, 0.15) is 12.1 Å². The van der Waals surface area contributed by atoms with Crippen LogP contribution in [0.2, 0.25) is 0 Å². The molecule has 1 rings (SSSR count). The van der Waals surface area contributed by atoms with Crippen LogP contribution >= 0.6 is 0 Å². The summed E-state index contributed by atoms with van der Waals surface area (Å²) in [4.78, 5) is 37.6. The van der Waals surface area contributed by atoms with E-state index in [1.165, 1.54) is 32.8 Å². The lowest BCUT2D eigenvalue weighted by molar-refractivity contribution is -0.147. The predicted octanol–water partition coefficient (Wildman–Crippen LogP) is 3.83. The van der Waals surface area contributed by atoms with E-state index in [1.807, 2.05) is 27.7 Å². The molecule has 1 saturated carbocycles. The van der Waals surface area contributed by atoms with Gasteiger partial charge in [0, 0.05) is 5.92 Å². The Labute approximate surface area is 176 Å². The topological polar surface area (TPSA) is 84.5 Å². The first-order valence-corrected chi connectivity index (χ1v) is 11.4. The van der Waals surface area contributed by atoms with Gasteiger partial charge in [-0.3, -0.25) is 9.59 Å². The van der Waals surface area contributed by atoms with Crippen molar-refractivity contribution in [3.63, 3.8) is 0 Å². The number of unbranched alkanes of at least 4 members (excludes halogenated alkanes) is 2. The van der Waals surface area contributed by atoms with Gasteiger partial charge in [-0.05, 0) is 43.4 Å². The molecule has 2 amide bonds. The fourth-order valence-electron chi connectivity index (χ4n) is 4.07. The van der Waals surface area contributed by atoms with Crippen LogP contribution in [0.3, 0.4) is 0 Å². The second-order valence-electron chi connectivity index (χ2n) is 9.20. The molecule has 2 N–H and O–H groups in total. The van der Waals surface area contributed by atoms with Crippen molar-refractivity contribution in [1.82, 2.24) is 10.6 Å². The molecule has 0 bridgehead atoms. The maximum Gasteiger partial charge on any atom is 0.328 e. The van der Waals surface area contributed by atoms with Gasteiger partial charge >= 0.3 is 5.97 Å². The summed E-state index contributed by atoms with van der Waals surface area (Å²) in [6, 6.07) is -1.38. The molecule has 1 aliphatic rings. The fraction of sp³-hybridized carbons (Fsp3) is 0.870. The molecule has 6 nitrogen and oxygen atoms in total. The summed E-state index contributed by atoms with van der Waals surface area (Å²) < 4.78 is 4.80. The largest absolute Gasteiger partial charge is 0.467 e. The van der Waals surface area contributed by atoms with Gasteiger partial charge in [0.25, 0.3) is 0 Å². The SMILES string of the molecule is CCCCCC1CCC(C(=O)N[C@H](C(=O)N[C@@H](C(=O)OC)C(C)C)C(C)C)CC1. The number of hydrogen-bond acceptors (Lipinski definition) is 4. The number of rotatable bonds is 11. The van der Waals surface area contributed by atoms with Crippen molar-refractivity contribution >= 4 is 17.8 Å². The molecule has 0 saturated heterocycles. The highest BCUT2D eigenvalue weighted by Crippen LogP contribution is 2.32. The molecule has 1 fully saturated rings. The maximum absolute atomic E-state index is 12.8. The van der Waals surface area contributed by atoms with Crippen LogP contribution in [0.15, 0.2) is 0 Å². The monoisotopic (exact) mass is 410 g/mol. The van der Waals surface area contributed by atoms with Crippen molar-refractivity contribution in [2.75, 3.05) is 7.11 Å². The number of hydrogen-bond donors (Lipinski definition) is 2. The average Bonchev–Trinajstić information content (AvgIpc) is 2.69. The van der Waals surface area contributed by atoms with Crippen molar-refractivity contribution < 1.29 is 19.1 Å². The summed E-state index contributed by atoms with van der Waals surface area (Å²) in [7, 11) is 1.31. The molecule has 0 aromatic carbocycles. The second-order valence-corrected chi connectivity index (χ2v) is 9.20. The summed E-state index contributed by atoms with van der Waals surface area (Å²) in [6.45, 7) is 9.72. The van der Waals surface area contributed by atoms with Crippen LogP contribution in [-0.4, -0.2) is 37.0 Å². The number of esters is 1. The van der Waals surface area contributed by atoms with E-state index in [0.29, 0.717) is 0 Å². The van der Waals surface area contributed by atoms with Gasteiger partial charge in [-0.2, -0.15) is 0 Å². The van der Waals surface area contributed by atoms with E-state index in [-0.39, 0.29) is 29.6 Å². The first-order chi connectivity index (χ1) is 13.7. The minimum absolute atomic E-state index is 0.0204. The predicted molar refractivity (Wildman–Crippen MR) is 115 cm³/mol. The molecular weight excluding hydrogens is 368 g/mol. The summed E-state index contributed by atoms with van der Waals surface area (Å²) in [6.07, 6.45) is 9.06. The number of amides is 2. The van der Waals surface area contributed by atoms with E-state index in [1.54, 1.807) is 0 Å². The Hall–Kier alpha value is -1.59. The van der Waals surface area contributed by atoms with Gasteiger partial charge < -0.3 is 15.4 Å². The molecule has 0 aromatic rings. The lowest BCUT2D eigenvalue weighted by Gasteiger charge is -2.30. The summed E-state index contributed by atoms with van der Waals surface area (Å²) >= 11 is 0. The normalized spacial score (nSPS) is 21.5. The van der Waals surface area contributed by atoms with Crippen molar-refractivity contribution in [1.29, 1.82) is 0 Å². The van der Waals surface area contributed by atoms with Gasteiger partial charge in [-0.15, -0.1) is 0 Å². The molecule has 1 aliphatic carbocycles. The number of methoxy groups -OCH3 is 1. The summed E-state index contributed by atoms with van der Waals surface area (Å²) in [5.74, 6) is -0.290. The minimum atomic E-state index is -0.718. The van der Waals surface area contributed by atoms with Crippen LogP contribution in [0.1, 0.15) is 86.0 Å². The molecule has 6 heteroatoms. The maximum atomic E-state index is 12.8. The molecule has 2 atom stereocenters. The van der Waals surface area contributed by atoms with Crippen LogP contribution in [0.25, 0.3) is 0 Å². The van der Waals surface area contributed by atoms with Crippen molar-refractivity contribution in [2.24, 2.45) is 23.7 Å². The van der Waals surface area contributed by atoms with E-state index >= 15 is 0 Å². The third kappa shape index (κ3) is 8.35. The Morgan fingerprint density at radius 3 is 1.97 bits per heavy atom. The first-order valence-electron chi connectivity index (χ1n) is 11.4. The molecule has 0 radical (unpaired) electrons. The van der Waals surface area contributed by atoms with Gasteiger partial charge in [0.15, 0.2) is 0 Å². The molecule has 0 spiro atoms. The first kappa shape index (κ1) is 25.4. The standard InChI is InChI=1S/C23H42N2O4/c1-7-8-9-10-17-11-13-18(14-12-17)21(26)24-19(15(2)3)22(27)25-20(16(4)5)23(28)29-6/h15-20H,7-14H2,1-6H3,(H,24,26)(H,25,27)/t17?,18?,19-,20+/m0/s1.